The first-order valence-corrected chi connectivity index (χ1v) is 11.3. The lowest BCUT2D eigenvalue weighted by atomic mass is 10.1. The Bertz CT molecular complexity index is 1030. The number of anilines is 2. The van der Waals surface area contributed by atoms with E-state index < -0.39 is 11.2 Å². The van der Waals surface area contributed by atoms with Crippen LogP contribution in [0.25, 0.3) is 0 Å². The number of carbonyl (C=O) groups is 1. The fourth-order valence-corrected chi connectivity index (χ4v) is 3.86. The van der Waals surface area contributed by atoms with Crippen molar-refractivity contribution in [2.24, 2.45) is 0 Å². The van der Waals surface area contributed by atoms with Crippen molar-refractivity contribution in [2.75, 3.05) is 23.8 Å². The maximum absolute atomic E-state index is 13.2. The number of nitrogens with zero attached hydrogens (tertiary/aromatic N) is 2. The van der Waals surface area contributed by atoms with E-state index in [1.165, 1.54) is 9.47 Å². The highest BCUT2D eigenvalue weighted by atomic mass is 16.5. The smallest absolute Gasteiger partial charge is 0.330 e. The number of nitrogens with two attached hydrogens (primary N) is 1. The van der Waals surface area contributed by atoms with E-state index in [0.717, 1.165) is 42.4 Å². The van der Waals surface area contributed by atoms with Crippen LogP contribution < -0.4 is 26.6 Å². The topological polar surface area (TPSA) is 110 Å². The zero-order valence-electron chi connectivity index (χ0n) is 19.9. The number of unbranched alkanes of at least 4 members (excludes halogenated alkanes) is 3. The third-order valence-corrected chi connectivity index (χ3v) is 5.45. The van der Waals surface area contributed by atoms with Gasteiger partial charge >= 0.3 is 5.69 Å². The molecule has 1 amide bonds. The highest BCUT2D eigenvalue weighted by Crippen LogP contribution is 2.25. The average Bonchev–Trinajstić information content (AvgIpc) is 2.71. The summed E-state index contributed by atoms with van der Waals surface area (Å²) in [5.41, 5.74) is 8.05. The first-order chi connectivity index (χ1) is 15.2. The minimum absolute atomic E-state index is 0.0137. The number of benzene rings is 1. The van der Waals surface area contributed by atoms with Crippen LogP contribution in [-0.2, 0) is 11.3 Å². The number of nitrogen functional groups attached to an aromatic ring is 1. The monoisotopic (exact) mass is 444 g/mol. The number of aromatic amines is 1. The fraction of sp³-hybridized carbons (Fsp3) is 0.542. The van der Waals surface area contributed by atoms with Gasteiger partial charge in [-0.25, -0.2) is 4.79 Å². The second-order valence-corrected chi connectivity index (χ2v) is 8.27. The van der Waals surface area contributed by atoms with Crippen molar-refractivity contribution in [2.45, 2.75) is 73.3 Å². The molecule has 0 unspecified atom stereocenters. The number of hydrogen-bond donors (Lipinski definition) is 2. The number of aryl methyl sites for hydroxylation is 3. The quantitative estimate of drug-likeness (QED) is 0.516. The van der Waals surface area contributed by atoms with Crippen molar-refractivity contribution < 1.29 is 9.53 Å². The number of carbonyl (C=O) groups excluding carboxylic acids is 1. The van der Waals surface area contributed by atoms with Gasteiger partial charge in [0.05, 0.1) is 0 Å². The van der Waals surface area contributed by atoms with Gasteiger partial charge in [-0.1, -0.05) is 50.8 Å². The number of ether oxygens (including phenoxy) is 1. The van der Waals surface area contributed by atoms with Gasteiger partial charge in [0.1, 0.15) is 11.6 Å². The molecular formula is C24H36N4O4. The standard InChI is InChI=1S/C24H36N4O4/c1-6-8-10-12-27(19(29)15-32-21-17(4)13-16(3)14-18(21)5)20-22(25)28(11-9-7-2)24(31)26-23(20)30/h13-14H,6-12,15,25H2,1-5H3,(H,26,30,31). The third-order valence-electron chi connectivity index (χ3n) is 5.45. The van der Waals surface area contributed by atoms with E-state index in [-0.39, 0.29) is 24.0 Å². The Morgan fingerprint density at radius 3 is 2.28 bits per heavy atom. The lowest BCUT2D eigenvalue weighted by molar-refractivity contribution is -0.120. The molecule has 0 spiro atoms. The van der Waals surface area contributed by atoms with E-state index in [2.05, 4.69) is 11.9 Å². The van der Waals surface area contributed by atoms with Crippen molar-refractivity contribution >= 4 is 17.4 Å². The fourth-order valence-electron chi connectivity index (χ4n) is 3.86. The Hall–Kier alpha value is -3.03. The van der Waals surface area contributed by atoms with E-state index in [4.69, 9.17) is 10.5 Å². The zero-order valence-corrected chi connectivity index (χ0v) is 19.9. The SMILES string of the molecule is CCCCCN(C(=O)COc1c(C)cc(C)cc1C)c1c(N)n(CCCC)c(=O)[nH]c1=O. The number of nitrogens with one attached hydrogen (secondary N) is 1. The van der Waals surface area contributed by atoms with Gasteiger partial charge in [-0.15, -0.1) is 0 Å². The van der Waals surface area contributed by atoms with Crippen LogP contribution >= 0.6 is 0 Å². The first kappa shape index (κ1) is 25.2. The average molecular weight is 445 g/mol. The molecule has 32 heavy (non-hydrogen) atoms. The van der Waals surface area contributed by atoms with Crippen LogP contribution in [0, 0.1) is 20.8 Å². The predicted octanol–water partition coefficient (Wildman–Crippen LogP) is 3.45. The minimum Gasteiger partial charge on any atom is -0.483 e. The summed E-state index contributed by atoms with van der Waals surface area (Å²) in [6.07, 6.45) is 4.16. The molecule has 0 aliphatic carbocycles. The number of H-pyrrole nitrogens is 1. The second-order valence-electron chi connectivity index (χ2n) is 8.27. The maximum Gasteiger partial charge on any atom is 0.330 e. The Labute approximate surface area is 189 Å². The molecule has 0 atom stereocenters. The van der Waals surface area contributed by atoms with E-state index >= 15 is 0 Å². The molecule has 0 saturated heterocycles. The normalized spacial score (nSPS) is 10.9. The molecule has 0 saturated carbocycles. The summed E-state index contributed by atoms with van der Waals surface area (Å²) in [6.45, 7) is 10.4. The first-order valence-electron chi connectivity index (χ1n) is 11.3. The van der Waals surface area contributed by atoms with Gasteiger partial charge in [0.25, 0.3) is 11.5 Å². The lowest BCUT2D eigenvalue weighted by Gasteiger charge is -2.25. The molecule has 0 bridgehead atoms. The molecule has 1 aromatic heterocycles. The van der Waals surface area contributed by atoms with E-state index in [1.807, 2.05) is 39.8 Å². The summed E-state index contributed by atoms with van der Waals surface area (Å²) in [6, 6.07) is 4.00. The molecule has 2 aromatic rings. The van der Waals surface area contributed by atoms with Crippen LogP contribution in [0.3, 0.4) is 0 Å². The third kappa shape index (κ3) is 6.02. The molecule has 8 heteroatoms. The molecule has 0 aliphatic rings. The largest absolute Gasteiger partial charge is 0.483 e. The number of amides is 1. The number of aromatic nitrogens is 2. The molecule has 1 aromatic carbocycles. The Kier molecular flexibility index (Phi) is 9.11. The number of hydrogen-bond acceptors (Lipinski definition) is 5. The second kappa shape index (κ2) is 11.5. The van der Waals surface area contributed by atoms with Crippen molar-refractivity contribution in [3.05, 3.63) is 49.7 Å². The lowest BCUT2D eigenvalue weighted by Crippen LogP contribution is -2.43. The molecule has 0 aliphatic heterocycles. The van der Waals surface area contributed by atoms with Gasteiger partial charge < -0.3 is 15.4 Å². The summed E-state index contributed by atoms with van der Waals surface area (Å²) in [7, 11) is 0. The van der Waals surface area contributed by atoms with Crippen molar-refractivity contribution in [3.8, 4) is 5.75 Å². The summed E-state index contributed by atoms with van der Waals surface area (Å²) in [5, 5.41) is 0. The minimum atomic E-state index is -0.659. The highest BCUT2D eigenvalue weighted by Gasteiger charge is 2.24. The molecule has 176 valence electrons. The Morgan fingerprint density at radius 2 is 1.69 bits per heavy atom. The predicted molar refractivity (Wildman–Crippen MR) is 129 cm³/mol. The maximum atomic E-state index is 13.2. The van der Waals surface area contributed by atoms with Crippen LogP contribution in [-0.4, -0.2) is 28.6 Å². The molecule has 0 fully saturated rings. The zero-order chi connectivity index (χ0) is 23.8. The van der Waals surface area contributed by atoms with Gasteiger partial charge in [-0.05, 0) is 44.7 Å². The number of rotatable bonds is 11. The molecule has 1 heterocycles. The van der Waals surface area contributed by atoms with Crippen LogP contribution in [0.1, 0.15) is 62.6 Å². The van der Waals surface area contributed by atoms with Crippen LogP contribution in [0.15, 0.2) is 21.7 Å². The molecule has 8 nitrogen and oxygen atoms in total. The van der Waals surface area contributed by atoms with Gasteiger partial charge in [-0.2, -0.15) is 0 Å². The molecule has 3 N–H and O–H groups in total. The summed E-state index contributed by atoms with van der Waals surface area (Å²) in [5.74, 6) is 0.297. The van der Waals surface area contributed by atoms with Gasteiger partial charge in [0.2, 0.25) is 0 Å². The highest BCUT2D eigenvalue weighted by molar-refractivity contribution is 5.96. The molecule has 0 radical (unpaired) electrons. The summed E-state index contributed by atoms with van der Waals surface area (Å²) in [4.78, 5) is 41.9. The van der Waals surface area contributed by atoms with E-state index in [9.17, 15) is 14.4 Å². The van der Waals surface area contributed by atoms with Gasteiger partial charge in [0.15, 0.2) is 12.3 Å². The van der Waals surface area contributed by atoms with Crippen molar-refractivity contribution in [1.29, 1.82) is 0 Å². The van der Waals surface area contributed by atoms with Crippen LogP contribution in [0.2, 0.25) is 0 Å². The van der Waals surface area contributed by atoms with Crippen molar-refractivity contribution in [3.63, 3.8) is 0 Å². The van der Waals surface area contributed by atoms with Gasteiger partial charge in [0, 0.05) is 13.1 Å². The Balaban J connectivity index is 2.39. The molecular weight excluding hydrogens is 408 g/mol. The van der Waals surface area contributed by atoms with Crippen molar-refractivity contribution in [1.82, 2.24) is 9.55 Å². The van der Waals surface area contributed by atoms with E-state index in [1.54, 1.807) is 0 Å². The van der Waals surface area contributed by atoms with E-state index in [0.29, 0.717) is 25.3 Å². The Morgan fingerprint density at radius 1 is 1.06 bits per heavy atom. The summed E-state index contributed by atoms with van der Waals surface area (Å²) >= 11 is 0. The summed E-state index contributed by atoms with van der Waals surface area (Å²) < 4.78 is 7.21. The van der Waals surface area contributed by atoms with Crippen LogP contribution in [0.4, 0.5) is 11.5 Å². The van der Waals surface area contributed by atoms with Gasteiger partial charge in [-0.3, -0.25) is 19.1 Å². The molecule has 2 rings (SSSR count). The van der Waals surface area contributed by atoms with Crippen LogP contribution in [0.5, 0.6) is 5.75 Å².